The Balaban J connectivity index is 1.28. The van der Waals surface area contributed by atoms with Gasteiger partial charge in [0.05, 0.1) is 0 Å². The van der Waals surface area contributed by atoms with Crippen LogP contribution in [0, 0.1) is 16.6 Å². The van der Waals surface area contributed by atoms with E-state index >= 15 is 0 Å². The van der Waals surface area contributed by atoms with Crippen molar-refractivity contribution in [3.63, 3.8) is 0 Å². The Bertz CT molecular complexity index is 1630. The van der Waals surface area contributed by atoms with E-state index in [0.29, 0.717) is 22.2 Å². The van der Waals surface area contributed by atoms with Crippen LogP contribution in [0.2, 0.25) is 0 Å². The minimum atomic E-state index is -4.51. The molecule has 1 fully saturated rings. The van der Waals surface area contributed by atoms with E-state index in [4.69, 9.17) is 15.3 Å². The molecule has 0 radical (unpaired) electrons. The van der Waals surface area contributed by atoms with E-state index in [1.807, 2.05) is 0 Å². The van der Waals surface area contributed by atoms with Crippen LogP contribution in [0.4, 0.5) is 17.6 Å². The Labute approximate surface area is 219 Å². The SMILES string of the molecule is C=C1C=C(C(=N)CC(=O)Cc2ccc(-c3cnc4[nH]c(C(=O)O)cc4c3)cc2F)C=C(C2(C(F)(F)F)CC2)O1. The van der Waals surface area contributed by atoms with E-state index in [0.717, 1.165) is 6.08 Å². The molecule has 11 heteroatoms. The van der Waals surface area contributed by atoms with Gasteiger partial charge >= 0.3 is 12.1 Å². The van der Waals surface area contributed by atoms with Crippen LogP contribution in [0.1, 0.15) is 35.3 Å². The van der Waals surface area contributed by atoms with Gasteiger partial charge in [0.15, 0.2) is 0 Å². The van der Waals surface area contributed by atoms with E-state index < -0.39 is 35.6 Å². The predicted octanol–water partition coefficient (Wildman–Crippen LogP) is 6.29. The van der Waals surface area contributed by atoms with Gasteiger partial charge in [-0.15, -0.1) is 0 Å². The number of carboxylic acids is 1. The highest BCUT2D eigenvalue weighted by molar-refractivity contribution is 6.11. The lowest BCUT2D eigenvalue weighted by Gasteiger charge is -2.26. The number of carboxylic acid groups (broad SMARTS) is 1. The molecule has 0 amide bonds. The van der Waals surface area contributed by atoms with Gasteiger partial charge in [-0.2, -0.15) is 13.2 Å². The molecule has 39 heavy (non-hydrogen) atoms. The zero-order chi connectivity index (χ0) is 28.1. The van der Waals surface area contributed by atoms with Crippen molar-refractivity contribution in [1.29, 1.82) is 5.41 Å². The van der Waals surface area contributed by atoms with Crippen LogP contribution in [0.3, 0.4) is 0 Å². The van der Waals surface area contributed by atoms with Gasteiger partial charge in [-0.05, 0) is 54.3 Å². The lowest BCUT2D eigenvalue weighted by molar-refractivity contribution is -0.183. The monoisotopic (exact) mass is 539 g/mol. The second kappa shape index (κ2) is 9.33. The minimum Gasteiger partial charge on any atom is -0.477 e. The van der Waals surface area contributed by atoms with Gasteiger partial charge in [-0.3, -0.25) is 4.79 Å². The lowest BCUT2D eigenvalue weighted by Crippen LogP contribution is -2.29. The van der Waals surface area contributed by atoms with Crippen molar-refractivity contribution < 1.29 is 37.0 Å². The van der Waals surface area contributed by atoms with Crippen molar-refractivity contribution in [3.05, 3.63) is 89.4 Å². The van der Waals surface area contributed by atoms with Gasteiger partial charge in [0.25, 0.3) is 0 Å². The Morgan fingerprint density at radius 1 is 1.15 bits per heavy atom. The first-order valence-electron chi connectivity index (χ1n) is 11.8. The Morgan fingerprint density at radius 3 is 2.54 bits per heavy atom. The van der Waals surface area contributed by atoms with Crippen LogP contribution in [-0.4, -0.2) is 38.7 Å². The Kier molecular flexibility index (Phi) is 6.24. The summed E-state index contributed by atoms with van der Waals surface area (Å²) < 4.78 is 60.7. The first kappa shape index (κ1) is 26.1. The number of Topliss-reactive ketones (excluding diaryl/α,β-unsaturated/α-hetero) is 1. The number of nitrogens with one attached hydrogen (secondary N) is 2. The number of hydrogen-bond acceptors (Lipinski definition) is 5. The number of halogens is 4. The summed E-state index contributed by atoms with van der Waals surface area (Å²) in [5.41, 5.74) is -0.772. The number of alkyl halides is 3. The lowest BCUT2D eigenvalue weighted by atomic mass is 9.94. The third-order valence-electron chi connectivity index (χ3n) is 6.81. The Hall–Kier alpha value is -4.54. The smallest absolute Gasteiger partial charge is 0.401 e. The number of carbonyl (C=O) groups is 2. The highest BCUT2D eigenvalue weighted by atomic mass is 19.4. The molecule has 3 heterocycles. The summed E-state index contributed by atoms with van der Waals surface area (Å²) in [5, 5.41) is 17.9. The van der Waals surface area contributed by atoms with Crippen LogP contribution >= 0.6 is 0 Å². The van der Waals surface area contributed by atoms with Crippen molar-refractivity contribution in [2.75, 3.05) is 0 Å². The van der Waals surface area contributed by atoms with Crippen LogP contribution in [0.5, 0.6) is 0 Å². The molecular weight excluding hydrogens is 518 g/mol. The number of rotatable bonds is 8. The third-order valence-corrected chi connectivity index (χ3v) is 6.81. The molecule has 2 aromatic heterocycles. The molecule has 0 spiro atoms. The maximum absolute atomic E-state index is 14.9. The number of hydrogen-bond donors (Lipinski definition) is 3. The number of pyridine rings is 1. The van der Waals surface area contributed by atoms with Crippen molar-refractivity contribution in [1.82, 2.24) is 9.97 Å². The molecule has 1 aliphatic heterocycles. The molecule has 0 saturated heterocycles. The first-order valence-corrected chi connectivity index (χ1v) is 11.8. The highest BCUT2D eigenvalue weighted by Gasteiger charge is 2.67. The third kappa shape index (κ3) is 4.99. The molecule has 200 valence electrons. The van der Waals surface area contributed by atoms with Crippen molar-refractivity contribution in [3.8, 4) is 11.1 Å². The van der Waals surface area contributed by atoms with Crippen LogP contribution < -0.4 is 0 Å². The van der Waals surface area contributed by atoms with E-state index in [1.54, 1.807) is 12.1 Å². The zero-order valence-corrected chi connectivity index (χ0v) is 20.3. The summed E-state index contributed by atoms with van der Waals surface area (Å²) in [6, 6.07) is 7.34. The fourth-order valence-corrected chi connectivity index (χ4v) is 4.49. The number of ether oxygens (including phenoxy) is 1. The van der Waals surface area contributed by atoms with Gasteiger partial charge in [0.1, 0.15) is 39.9 Å². The van der Waals surface area contributed by atoms with Crippen molar-refractivity contribution >= 4 is 28.5 Å². The maximum Gasteiger partial charge on any atom is 0.401 e. The predicted molar refractivity (Wildman–Crippen MR) is 134 cm³/mol. The van der Waals surface area contributed by atoms with Gasteiger partial charge in [0.2, 0.25) is 0 Å². The summed E-state index contributed by atoms with van der Waals surface area (Å²) in [4.78, 5) is 30.7. The van der Waals surface area contributed by atoms with E-state index in [1.165, 1.54) is 30.5 Å². The number of carbonyl (C=O) groups excluding carboxylic acids is 1. The normalized spacial score (nSPS) is 16.4. The Morgan fingerprint density at radius 2 is 1.90 bits per heavy atom. The molecular formula is C28H21F4N3O4. The molecule has 0 unspecified atom stereocenters. The standard InChI is InChI=1S/C28H21F4N3O4/c1-14-6-17(11-24(39-14)27(4-5-27)28(30,31)32)22(33)12-20(36)8-16-3-2-15(9-21(16)29)19-7-18-10-23(26(37)38)35-25(18)34-13-19/h2-3,6-7,9-11,13,33H,1,4-5,8,12H2,(H,34,35)(H,37,38). The van der Waals surface area contributed by atoms with Crippen molar-refractivity contribution in [2.24, 2.45) is 5.41 Å². The number of aromatic amines is 1. The molecule has 1 aromatic carbocycles. The maximum atomic E-state index is 14.9. The number of aromatic carboxylic acids is 1. The quantitative estimate of drug-likeness (QED) is 0.230. The average Bonchev–Trinajstić information content (AvgIpc) is 3.58. The van der Waals surface area contributed by atoms with Crippen LogP contribution in [0.15, 0.2) is 72.4 Å². The number of benzene rings is 1. The van der Waals surface area contributed by atoms with Crippen molar-refractivity contribution in [2.45, 2.75) is 31.9 Å². The summed E-state index contributed by atoms with van der Waals surface area (Å²) in [5.74, 6) is -2.67. The topological polar surface area (TPSA) is 116 Å². The van der Waals surface area contributed by atoms with Gasteiger partial charge < -0.3 is 20.2 Å². The second-order valence-corrected chi connectivity index (χ2v) is 9.58. The molecule has 1 aliphatic carbocycles. The van der Waals surface area contributed by atoms with Crippen LogP contribution in [-0.2, 0) is 16.0 Å². The molecule has 0 atom stereocenters. The van der Waals surface area contributed by atoms with Gasteiger partial charge in [-0.1, -0.05) is 18.7 Å². The fourth-order valence-electron chi connectivity index (χ4n) is 4.49. The molecule has 3 aromatic rings. The molecule has 5 rings (SSSR count). The first-order chi connectivity index (χ1) is 18.4. The largest absolute Gasteiger partial charge is 0.477 e. The van der Waals surface area contributed by atoms with E-state index in [-0.39, 0.29) is 53.3 Å². The number of nitrogens with zero attached hydrogens (tertiary/aromatic N) is 1. The molecule has 3 N–H and O–H groups in total. The number of allylic oxidation sites excluding steroid dienone is 4. The average molecular weight is 539 g/mol. The molecule has 7 nitrogen and oxygen atoms in total. The highest BCUT2D eigenvalue weighted by Crippen LogP contribution is 2.63. The summed E-state index contributed by atoms with van der Waals surface area (Å²) in [7, 11) is 0. The number of aromatic nitrogens is 2. The van der Waals surface area contributed by atoms with E-state index in [2.05, 4.69) is 16.5 Å². The molecule has 1 saturated carbocycles. The molecule has 0 bridgehead atoms. The minimum absolute atomic E-state index is 0.0276. The number of fused-ring (bicyclic) bond motifs is 1. The zero-order valence-electron chi connectivity index (χ0n) is 20.3. The molecule has 2 aliphatic rings. The summed E-state index contributed by atoms with van der Waals surface area (Å²) in [6.45, 7) is 3.57. The number of ketones is 1. The summed E-state index contributed by atoms with van der Waals surface area (Å²) in [6.07, 6.45) is -1.58. The van der Waals surface area contributed by atoms with Gasteiger partial charge in [-0.25, -0.2) is 14.2 Å². The van der Waals surface area contributed by atoms with Gasteiger partial charge in [0, 0.05) is 41.3 Å². The number of H-pyrrole nitrogens is 1. The fraction of sp³-hybridized carbons (Fsp3) is 0.214. The summed E-state index contributed by atoms with van der Waals surface area (Å²) >= 11 is 0. The van der Waals surface area contributed by atoms with E-state index in [9.17, 15) is 27.2 Å². The second-order valence-electron chi connectivity index (χ2n) is 9.58. The van der Waals surface area contributed by atoms with Crippen LogP contribution in [0.25, 0.3) is 22.2 Å².